The monoisotopic (exact) mass is 439 g/mol. The highest BCUT2D eigenvalue weighted by molar-refractivity contribution is 7.89. The second-order valence-electron chi connectivity index (χ2n) is 6.90. The van der Waals surface area contributed by atoms with Gasteiger partial charge in [-0.25, -0.2) is 17.2 Å². The SMILES string of the molecule is COc1ccc(S(=O)(=O)N2CCN(C(C)C(=O)Nc3cc(F)ccc3F)CC2)cc1. The quantitative estimate of drug-likeness (QED) is 0.747. The third-order valence-electron chi connectivity index (χ3n) is 5.08. The lowest BCUT2D eigenvalue weighted by molar-refractivity contribution is -0.121. The lowest BCUT2D eigenvalue weighted by Crippen LogP contribution is -2.53. The molecule has 162 valence electrons. The Morgan fingerprint density at radius 3 is 2.30 bits per heavy atom. The number of hydrogen-bond acceptors (Lipinski definition) is 5. The van der Waals surface area contributed by atoms with Crippen molar-refractivity contribution in [2.75, 3.05) is 38.6 Å². The van der Waals surface area contributed by atoms with Crippen LogP contribution in [0.4, 0.5) is 14.5 Å². The molecule has 3 rings (SSSR count). The summed E-state index contributed by atoms with van der Waals surface area (Å²) in [4.78, 5) is 14.4. The van der Waals surface area contributed by atoms with E-state index in [1.165, 1.54) is 23.5 Å². The van der Waals surface area contributed by atoms with E-state index < -0.39 is 33.6 Å². The molecule has 1 fully saturated rings. The fourth-order valence-electron chi connectivity index (χ4n) is 3.22. The van der Waals surface area contributed by atoms with Crippen molar-refractivity contribution < 1.29 is 26.7 Å². The Labute approximate surface area is 174 Å². The zero-order chi connectivity index (χ0) is 21.9. The summed E-state index contributed by atoms with van der Waals surface area (Å²) in [5.74, 6) is -1.32. The fraction of sp³-hybridized carbons (Fsp3) is 0.350. The summed E-state index contributed by atoms with van der Waals surface area (Å²) >= 11 is 0. The van der Waals surface area contributed by atoms with E-state index >= 15 is 0 Å². The predicted molar refractivity (Wildman–Crippen MR) is 108 cm³/mol. The summed E-state index contributed by atoms with van der Waals surface area (Å²) in [6, 6.07) is 8.34. The maximum atomic E-state index is 13.8. The molecule has 10 heteroatoms. The maximum Gasteiger partial charge on any atom is 0.243 e. The second-order valence-corrected chi connectivity index (χ2v) is 8.84. The first-order chi connectivity index (χ1) is 14.2. The average molecular weight is 439 g/mol. The Morgan fingerprint density at radius 2 is 1.70 bits per heavy atom. The number of rotatable bonds is 6. The number of carbonyl (C=O) groups excluding carboxylic acids is 1. The van der Waals surface area contributed by atoms with E-state index in [0.29, 0.717) is 18.8 Å². The van der Waals surface area contributed by atoms with Crippen LogP contribution in [0.15, 0.2) is 47.4 Å². The first kappa shape index (κ1) is 22.1. The minimum Gasteiger partial charge on any atom is -0.497 e. The van der Waals surface area contributed by atoms with Gasteiger partial charge in [-0.3, -0.25) is 9.69 Å². The Hall–Kier alpha value is -2.56. The van der Waals surface area contributed by atoms with Crippen LogP contribution in [0, 0.1) is 11.6 Å². The number of hydrogen-bond donors (Lipinski definition) is 1. The molecular formula is C20H23F2N3O4S. The van der Waals surface area contributed by atoms with Gasteiger partial charge in [-0.1, -0.05) is 0 Å². The molecule has 2 aromatic rings. The Bertz CT molecular complexity index is 1010. The van der Waals surface area contributed by atoms with Gasteiger partial charge < -0.3 is 10.1 Å². The molecule has 0 radical (unpaired) electrons. The van der Waals surface area contributed by atoms with Crippen LogP contribution in [0.3, 0.4) is 0 Å². The molecule has 1 N–H and O–H groups in total. The van der Waals surface area contributed by atoms with E-state index in [4.69, 9.17) is 4.74 Å². The summed E-state index contributed by atoms with van der Waals surface area (Å²) in [5.41, 5.74) is -0.229. The third kappa shape index (κ3) is 4.77. The number of methoxy groups -OCH3 is 1. The summed E-state index contributed by atoms with van der Waals surface area (Å²) in [7, 11) is -2.15. The molecule has 1 aliphatic rings. The molecule has 1 atom stereocenters. The van der Waals surface area contributed by atoms with Gasteiger partial charge in [-0.2, -0.15) is 4.31 Å². The molecule has 1 amide bonds. The lowest BCUT2D eigenvalue weighted by Gasteiger charge is -2.36. The smallest absolute Gasteiger partial charge is 0.243 e. The van der Waals surface area contributed by atoms with Gasteiger partial charge in [-0.05, 0) is 43.3 Å². The van der Waals surface area contributed by atoms with Crippen LogP contribution < -0.4 is 10.1 Å². The van der Waals surface area contributed by atoms with Crippen molar-refractivity contribution in [3.05, 3.63) is 54.1 Å². The predicted octanol–water partition coefficient (Wildman–Crippen LogP) is 2.31. The number of sulfonamides is 1. The van der Waals surface area contributed by atoms with Crippen LogP contribution in [0.1, 0.15) is 6.92 Å². The highest BCUT2D eigenvalue weighted by Crippen LogP contribution is 2.22. The topological polar surface area (TPSA) is 79.0 Å². The van der Waals surface area contributed by atoms with E-state index in [-0.39, 0.29) is 23.7 Å². The van der Waals surface area contributed by atoms with Crippen molar-refractivity contribution in [1.82, 2.24) is 9.21 Å². The molecule has 2 aromatic carbocycles. The Morgan fingerprint density at radius 1 is 1.07 bits per heavy atom. The van der Waals surface area contributed by atoms with Gasteiger partial charge >= 0.3 is 0 Å². The van der Waals surface area contributed by atoms with Gasteiger partial charge in [0.15, 0.2) is 0 Å². The third-order valence-corrected chi connectivity index (χ3v) is 7.00. The number of ether oxygens (including phenoxy) is 1. The number of nitrogens with zero attached hydrogens (tertiary/aromatic N) is 2. The first-order valence-electron chi connectivity index (χ1n) is 9.36. The Kier molecular flexibility index (Phi) is 6.69. The number of halogens is 2. The number of benzene rings is 2. The standard InChI is InChI=1S/C20H23F2N3O4S/c1-14(20(26)23-19-13-15(21)3-8-18(19)22)24-9-11-25(12-10-24)30(27,28)17-6-4-16(29-2)5-7-17/h3-8,13-14H,9-12H2,1-2H3,(H,23,26). The summed E-state index contributed by atoms with van der Waals surface area (Å²) < 4.78 is 59.1. The summed E-state index contributed by atoms with van der Waals surface area (Å²) in [5, 5.41) is 2.39. The van der Waals surface area contributed by atoms with E-state index in [2.05, 4.69) is 5.32 Å². The van der Waals surface area contributed by atoms with Crippen molar-refractivity contribution in [2.45, 2.75) is 17.9 Å². The normalized spacial score (nSPS) is 16.8. The van der Waals surface area contributed by atoms with Crippen molar-refractivity contribution in [2.24, 2.45) is 0 Å². The van der Waals surface area contributed by atoms with Crippen molar-refractivity contribution in [1.29, 1.82) is 0 Å². The van der Waals surface area contributed by atoms with Gasteiger partial charge in [0.2, 0.25) is 15.9 Å². The van der Waals surface area contributed by atoms with E-state index in [1.54, 1.807) is 24.0 Å². The first-order valence-corrected chi connectivity index (χ1v) is 10.8. The maximum absolute atomic E-state index is 13.8. The van der Waals surface area contributed by atoms with Crippen LogP contribution >= 0.6 is 0 Å². The molecule has 0 spiro atoms. The molecule has 1 saturated heterocycles. The molecule has 0 saturated carbocycles. The highest BCUT2D eigenvalue weighted by Gasteiger charge is 2.32. The summed E-state index contributed by atoms with van der Waals surface area (Å²) in [6.07, 6.45) is 0. The van der Waals surface area contributed by atoms with Crippen LogP contribution in [0.2, 0.25) is 0 Å². The zero-order valence-electron chi connectivity index (χ0n) is 16.6. The van der Waals surface area contributed by atoms with E-state index in [0.717, 1.165) is 18.2 Å². The molecule has 30 heavy (non-hydrogen) atoms. The fourth-order valence-corrected chi connectivity index (χ4v) is 4.65. The molecule has 1 aliphatic heterocycles. The molecule has 0 bridgehead atoms. The zero-order valence-corrected chi connectivity index (χ0v) is 17.5. The van der Waals surface area contributed by atoms with Gasteiger partial charge in [-0.15, -0.1) is 0 Å². The molecule has 1 heterocycles. The van der Waals surface area contributed by atoms with Crippen LogP contribution in [-0.4, -0.2) is 62.9 Å². The lowest BCUT2D eigenvalue weighted by atomic mass is 10.2. The largest absolute Gasteiger partial charge is 0.497 e. The minimum atomic E-state index is -3.66. The minimum absolute atomic E-state index is 0.170. The Balaban J connectivity index is 1.61. The van der Waals surface area contributed by atoms with Crippen LogP contribution in [0.5, 0.6) is 5.75 Å². The van der Waals surface area contributed by atoms with Gasteiger partial charge in [0.05, 0.1) is 23.7 Å². The number of carbonyl (C=O) groups is 1. The summed E-state index contributed by atoms with van der Waals surface area (Å²) in [6.45, 7) is 2.71. The van der Waals surface area contributed by atoms with Crippen molar-refractivity contribution in [3.8, 4) is 5.75 Å². The molecule has 0 aromatic heterocycles. The molecule has 0 aliphatic carbocycles. The van der Waals surface area contributed by atoms with Crippen LogP contribution in [0.25, 0.3) is 0 Å². The van der Waals surface area contributed by atoms with Crippen molar-refractivity contribution in [3.63, 3.8) is 0 Å². The van der Waals surface area contributed by atoms with E-state index in [9.17, 15) is 22.0 Å². The van der Waals surface area contributed by atoms with Gasteiger partial charge in [0.25, 0.3) is 0 Å². The molecule has 7 nitrogen and oxygen atoms in total. The second kappa shape index (κ2) is 9.07. The number of amides is 1. The van der Waals surface area contributed by atoms with Gasteiger partial charge in [0.1, 0.15) is 17.4 Å². The number of anilines is 1. The number of nitrogens with one attached hydrogen (secondary N) is 1. The van der Waals surface area contributed by atoms with Crippen molar-refractivity contribution >= 4 is 21.6 Å². The van der Waals surface area contributed by atoms with E-state index in [1.807, 2.05) is 0 Å². The number of piperazine rings is 1. The van der Waals surface area contributed by atoms with Crippen LogP contribution in [-0.2, 0) is 14.8 Å². The molecule has 1 unspecified atom stereocenters. The molecular weight excluding hydrogens is 416 g/mol. The highest BCUT2D eigenvalue weighted by atomic mass is 32.2. The van der Waals surface area contributed by atoms with Gasteiger partial charge in [0, 0.05) is 32.2 Å². The average Bonchev–Trinajstić information content (AvgIpc) is 2.75.